The maximum atomic E-state index is 13.8. The molecule has 1 aliphatic carbocycles. The standard InChI is InChI=1S/C25H26F3N5O2S/c26-18-1-2-22(14-18)35-24-23(15-30-33(25(24)34)21-12-19(27)11-20(28)13-21)31-7-9-32(10-8-31)36-16-17-3-5-29-6-4-17/h3-6,11-13,15,18,22H,1-2,7-10,14,16H2. The summed E-state index contributed by atoms with van der Waals surface area (Å²) in [6.45, 7) is 2.78. The second kappa shape index (κ2) is 10.9. The van der Waals surface area contributed by atoms with Crippen molar-refractivity contribution in [1.29, 1.82) is 0 Å². The smallest absolute Gasteiger partial charge is 0.316 e. The summed E-state index contributed by atoms with van der Waals surface area (Å²) >= 11 is 1.74. The Morgan fingerprint density at radius 2 is 1.75 bits per heavy atom. The Morgan fingerprint density at radius 3 is 2.42 bits per heavy atom. The Bertz CT molecular complexity index is 1230. The van der Waals surface area contributed by atoms with E-state index in [-0.39, 0.29) is 17.9 Å². The minimum atomic E-state index is -0.971. The Hall–Kier alpha value is -3.05. The molecule has 1 saturated heterocycles. The van der Waals surface area contributed by atoms with E-state index in [4.69, 9.17) is 4.74 Å². The van der Waals surface area contributed by atoms with E-state index in [1.165, 1.54) is 11.8 Å². The zero-order valence-corrected chi connectivity index (χ0v) is 20.3. The number of hydrogen-bond acceptors (Lipinski definition) is 7. The van der Waals surface area contributed by atoms with Crippen molar-refractivity contribution >= 4 is 17.6 Å². The number of ether oxygens (including phenoxy) is 1. The molecule has 2 unspecified atom stereocenters. The molecule has 1 aliphatic heterocycles. The average molecular weight is 518 g/mol. The second-order valence-corrected chi connectivity index (χ2v) is 9.96. The third-order valence-electron chi connectivity index (χ3n) is 6.35. The molecule has 190 valence electrons. The number of rotatable bonds is 7. The first-order valence-corrected chi connectivity index (χ1v) is 12.8. The van der Waals surface area contributed by atoms with Crippen molar-refractivity contribution in [2.45, 2.75) is 37.3 Å². The quantitative estimate of drug-likeness (QED) is 0.437. The normalized spacial score (nSPS) is 20.6. The van der Waals surface area contributed by atoms with Crippen molar-refractivity contribution in [3.8, 4) is 11.4 Å². The van der Waals surface area contributed by atoms with Crippen LogP contribution in [0.5, 0.6) is 5.75 Å². The van der Waals surface area contributed by atoms with Gasteiger partial charge in [-0.15, -0.1) is 0 Å². The van der Waals surface area contributed by atoms with Crippen LogP contribution in [0.3, 0.4) is 0 Å². The van der Waals surface area contributed by atoms with Gasteiger partial charge in [-0.05, 0) is 42.7 Å². The molecule has 2 atom stereocenters. The van der Waals surface area contributed by atoms with Crippen LogP contribution in [0.2, 0.25) is 0 Å². The van der Waals surface area contributed by atoms with E-state index < -0.39 is 29.5 Å². The molecule has 11 heteroatoms. The zero-order valence-electron chi connectivity index (χ0n) is 19.5. The van der Waals surface area contributed by atoms with E-state index in [1.807, 2.05) is 17.0 Å². The number of piperazine rings is 1. The molecule has 5 rings (SSSR count). The summed E-state index contributed by atoms with van der Waals surface area (Å²) in [4.78, 5) is 19.5. The number of halogens is 3. The van der Waals surface area contributed by atoms with Crippen LogP contribution < -0.4 is 15.2 Å². The zero-order chi connectivity index (χ0) is 25.1. The summed E-state index contributed by atoms with van der Waals surface area (Å²) < 4.78 is 50.7. The Morgan fingerprint density at radius 1 is 1.03 bits per heavy atom. The molecule has 7 nitrogen and oxygen atoms in total. The van der Waals surface area contributed by atoms with Gasteiger partial charge < -0.3 is 9.64 Å². The summed E-state index contributed by atoms with van der Waals surface area (Å²) in [6.07, 6.45) is 4.70. The highest BCUT2D eigenvalue weighted by Crippen LogP contribution is 2.32. The van der Waals surface area contributed by atoms with E-state index >= 15 is 0 Å². The average Bonchev–Trinajstić information content (AvgIpc) is 3.29. The van der Waals surface area contributed by atoms with Gasteiger partial charge in [-0.2, -0.15) is 9.78 Å². The third-order valence-corrected chi connectivity index (χ3v) is 7.55. The van der Waals surface area contributed by atoms with Crippen molar-refractivity contribution in [3.63, 3.8) is 0 Å². The van der Waals surface area contributed by atoms with Crippen LogP contribution in [0, 0.1) is 11.6 Å². The van der Waals surface area contributed by atoms with E-state index in [2.05, 4.69) is 14.4 Å². The number of benzene rings is 1. The van der Waals surface area contributed by atoms with E-state index in [1.54, 1.807) is 24.3 Å². The van der Waals surface area contributed by atoms with Gasteiger partial charge in [0.25, 0.3) is 0 Å². The van der Waals surface area contributed by atoms with Gasteiger partial charge in [0, 0.05) is 56.8 Å². The van der Waals surface area contributed by atoms with Crippen LogP contribution in [0.25, 0.3) is 5.69 Å². The van der Waals surface area contributed by atoms with Crippen molar-refractivity contribution in [1.82, 2.24) is 19.1 Å². The molecular weight excluding hydrogens is 491 g/mol. The summed E-state index contributed by atoms with van der Waals surface area (Å²) in [6, 6.07) is 6.78. The summed E-state index contributed by atoms with van der Waals surface area (Å²) in [5.41, 5.74) is 1.03. The maximum absolute atomic E-state index is 13.8. The van der Waals surface area contributed by atoms with Gasteiger partial charge in [-0.3, -0.25) is 9.78 Å². The summed E-state index contributed by atoms with van der Waals surface area (Å²) in [5.74, 6) is -0.764. The minimum absolute atomic E-state index is 0.0339. The highest BCUT2D eigenvalue weighted by molar-refractivity contribution is 7.96. The monoisotopic (exact) mass is 517 g/mol. The van der Waals surface area contributed by atoms with Crippen LogP contribution in [0.4, 0.5) is 18.9 Å². The lowest BCUT2D eigenvalue weighted by atomic mass is 10.2. The van der Waals surface area contributed by atoms with Gasteiger partial charge in [0.2, 0.25) is 5.75 Å². The molecule has 0 radical (unpaired) electrons. The second-order valence-electron chi connectivity index (χ2n) is 8.90. The van der Waals surface area contributed by atoms with Gasteiger partial charge in [-0.25, -0.2) is 17.5 Å². The van der Waals surface area contributed by atoms with Crippen LogP contribution in [-0.4, -0.2) is 57.5 Å². The van der Waals surface area contributed by atoms with Crippen molar-refractivity contribution in [3.05, 3.63) is 76.5 Å². The number of anilines is 1. The molecule has 0 amide bonds. The molecule has 1 aromatic carbocycles. The molecule has 0 N–H and O–H groups in total. The van der Waals surface area contributed by atoms with Crippen molar-refractivity contribution < 1.29 is 17.9 Å². The lowest BCUT2D eigenvalue weighted by Crippen LogP contribution is -2.44. The topological polar surface area (TPSA) is 63.5 Å². The number of aromatic nitrogens is 3. The SMILES string of the molecule is O=c1c(OC2CCC(F)C2)c(N2CCN(SCc3ccncc3)CC2)cnn1-c1cc(F)cc(F)c1. The predicted octanol–water partition coefficient (Wildman–Crippen LogP) is 4.15. The Kier molecular flexibility index (Phi) is 7.47. The van der Waals surface area contributed by atoms with E-state index in [0.717, 1.165) is 41.7 Å². The first-order valence-electron chi connectivity index (χ1n) is 11.9. The highest BCUT2D eigenvalue weighted by Gasteiger charge is 2.30. The van der Waals surface area contributed by atoms with Crippen molar-refractivity contribution in [2.24, 2.45) is 0 Å². The Balaban J connectivity index is 1.36. The molecule has 0 spiro atoms. The fourth-order valence-electron chi connectivity index (χ4n) is 4.48. The first-order chi connectivity index (χ1) is 17.5. The molecule has 2 aromatic heterocycles. The van der Waals surface area contributed by atoms with Crippen molar-refractivity contribution in [2.75, 3.05) is 31.1 Å². The number of alkyl halides is 1. The third kappa shape index (κ3) is 5.67. The fourth-order valence-corrected chi connectivity index (χ4v) is 5.42. The largest absolute Gasteiger partial charge is 0.483 e. The van der Waals surface area contributed by atoms with Gasteiger partial charge >= 0.3 is 5.56 Å². The molecular formula is C25H26F3N5O2S. The number of hydrogen-bond donors (Lipinski definition) is 0. The van der Waals surface area contributed by atoms with Crippen LogP contribution in [0.15, 0.2) is 53.7 Å². The van der Waals surface area contributed by atoms with Gasteiger partial charge in [-0.1, -0.05) is 11.9 Å². The molecule has 2 aliphatic rings. The van der Waals surface area contributed by atoms with Gasteiger partial charge in [0.05, 0.1) is 11.9 Å². The van der Waals surface area contributed by atoms with E-state index in [9.17, 15) is 18.0 Å². The number of pyridine rings is 1. The molecule has 3 aromatic rings. The summed E-state index contributed by atoms with van der Waals surface area (Å²) in [5, 5.41) is 4.20. The lowest BCUT2D eigenvalue weighted by molar-refractivity contribution is 0.193. The number of nitrogens with zero attached hydrogens (tertiary/aromatic N) is 5. The first kappa shape index (κ1) is 24.6. The lowest BCUT2D eigenvalue weighted by Gasteiger charge is -2.36. The summed E-state index contributed by atoms with van der Waals surface area (Å²) in [7, 11) is 0. The Labute approximate surface area is 211 Å². The fraction of sp³-hybridized carbons (Fsp3) is 0.400. The van der Waals surface area contributed by atoms with Crippen LogP contribution in [-0.2, 0) is 5.75 Å². The van der Waals surface area contributed by atoms with E-state index in [0.29, 0.717) is 31.6 Å². The van der Waals surface area contributed by atoms with Crippen LogP contribution >= 0.6 is 11.9 Å². The van der Waals surface area contributed by atoms with Crippen LogP contribution in [0.1, 0.15) is 24.8 Å². The molecule has 3 heterocycles. The maximum Gasteiger partial charge on any atom is 0.316 e. The highest BCUT2D eigenvalue weighted by atomic mass is 32.2. The molecule has 36 heavy (non-hydrogen) atoms. The molecule has 0 bridgehead atoms. The van der Waals surface area contributed by atoms with Gasteiger partial charge in [0.15, 0.2) is 0 Å². The molecule has 2 fully saturated rings. The minimum Gasteiger partial charge on any atom is -0.483 e. The predicted molar refractivity (Wildman–Crippen MR) is 132 cm³/mol. The molecule has 1 saturated carbocycles. The van der Waals surface area contributed by atoms with Gasteiger partial charge in [0.1, 0.15) is 29.6 Å².